The van der Waals surface area contributed by atoms with Crippen LogP contribution in [0.15, 0.2) is 60.8 Å². The number of carbonyl (C=O) groups is 3. The lowest BCUT2D eigenvalue weighted by atomic mass is 10.1. The van der Waals surface area contributed by atoms with Gasteiger partial charge in [0, 0.05) is 19.3 Å². The molecular formula is C64H114O6. The largest absolute Gasteiger partial charge is 0.462 e. The van der Waals surface area contributed by atoms with E-state index in [1.807, 2.05) is 0 Å². The van der Waals surface area contributed by atoms with Crippen LogP contribution < -0.4 is 0 Å². The van der Waals surface area contributed by atoms with Crippen LogP contribution in [0, 0.1) is 0 Å². The quantitative estimate of drug-likeness (QED) is 0.0261. The summed E-state index contributed by atoms with van der Waals surface area (Å²) in [5.74, 6) is -0.896. The van der Waals surface area contributed by atoms with Crippen molar-refractivity contribution in [2.45, 2.75) is 316 Å². The molecule has 0 amide bonds. The summed E-state index contributed by atoms with van der Waals surface area (Å²) in [5, 5.41) is 0. The van der Waals surface area contributed by atoms with E-state index in [9.17, 15) is 14.4 Å². The first-order valence-electron chi connectivity index (χ1n) is 30.3. The third-order valence-electron chi connectivity index (χ3n) is 13.2. The molecule has 0 saturated carbocycles. The van der Waals surface area contributed by atoms with E-state index in [2.05, 4.69) is 81.5 Å². The molecule has 0 aromatic heterocycles. The second-order valence-electron chi connectivity index (χ2n) is 20.2. The zero-order chi connectivity index (χ0) is 50.7. The van der Waals surface area contributed by atoms with Crippen molar-refractivity contribution < 1.29 is 28.6 Å². The highest BCUT2D eigenvalue weighted by molar-refractivity contribution is 5.71. The maximum Gasteiger partial charge on any atom is 0.306 e. The third-order valence-corrected chi connectivity index (χ3v) is 13.2. The van der Waals surface area contributed by atoms with Gasteiger partial charge in [0.1, 0.15) is 13.2 Å². The van der Waals surface area contributed by atoms with E-state index in [0.717, 1.165) is 89.9 Å². The minimum absolute atomic E-state index is 0.0829. The van der Waals surface area contributed by atoms with Crippen molar-refractivity contribution in [2.75, 3.05) is 13.2 Å². The lowest BCUT2D eigenvalue weighted by Gasteiger charge is -2.18. The Kier molecular flexibility index (Phi) is 56.3. The number of carbonyl (C=O) groups excluding carboxylic acids is 3. The summed E-state index contributed by atoms with van der Waals surface area (Å²) in [4.78, 5) is 38.1. The number of hydrogen-bond donors (Lipinski definition) is 0. The molecule has 0 aliphatic carbocycles. The van der Waals surface area contributed by atoms with Gasteiger partial charge in [-0.05, 0) is 103 Å². The Morgan fingerprint density at radius 2 is 0.543 bits per heavy atom. The molecule has 0 aromatic carbocycles. The summed E-state index contributed by atoms with van der Waals surface area (Å²) in [6.07, 6.45) is 73.7. The first-order chi connectivity index (χ1) is 34.5. The molecule has 0 fully saturated rings. The van der Waals surface area contributed by atoms with E-state index in [4.69, 9.17) is 14.2 Å². The molecule has 70 heavy (non-hydrogen) atoms. The zero-order valence-electron chi connectivity index (χ0n) is 46.5. The van der Waals surface area contributed by atoms with Crippen LogP contribution in [0.2, 0.25) is 0 Å². The van der Waals surface area contributed by atoms with Gasteiger partial charge in [-0.25, -0.2) is 0 Å². The van der Waals surface area contributed by atoms with Crippen LogP contribution in [0.1, 0.15) is 310 Å². The molecule has 6 heteroatoms. The Hall–Kier alpha value is -2.89. The molecule has 0 heterocycles. The SMILES string of the molecule is CCC/C=C\CCCCCCCC(=O)OCC(COC(=O)CCCCCCCC/C=C\C/C=C\C/C=C\CCCCCCC)OC(=O)CCCCCCCCCCC/C=C\CCCCCCCCCC. The first kappa shape index (κ1) is 67.1. The Labute approximate surface area is 434 Å². The van der Waals surface area contributed by atoms with E-state index in [0.29, 0.717) is 19.3 Å². The lowest BCUT2D eigenvalue weighted by molar-refractivity contribution is -0.167. The van der Waals surface area contributed by atoms with Crippen molar-refractivity contribution >= 4 is 17.9 Å². The summed E-state index contributed by atoms with van der Waals surface area (Å²) in [5.41, 5.74) is 0. The van der Waals surface area contributed by atoms with E-state index in [-0.39, 0.29) is 31.1 Å². The molecule has 0 rings (SSSR count). The minimum atomic E-state index is -0.784. The predicted molar refractivity (Wildman–Crippen MR) is 302 cm³/mol. The zero-order valence-corrected chi connectivity index (χ0v) is 46.5. The van der Waals surface area contributed by atoms with Crippen molar-refractivity contribution in [2.24, 2.45) is 0 Å². The smallest absolute Gasteiger partial charge is 0.306 e. The number of unbranched alkanes of at least 4 members (excludes halogenated alkanes) is 34. The van der Waals surface area contributed by atoms with Crippen LogP contribution in [0.25, 0.3) is 0 Å². The standard InChI is InChI=1S/C64H114O6/c1-4-7-10-13-16-19-22-24-26-28-30-32-34-36-38-40-42-45-48-51-54-57-63(66)69-60-61(59-68-62(65)56-53-50-47-44-21-18-15-12-9-6-3)70-64(67)58-55-52-49-46-43-41-39-37-35-33-31-29-27-25-23-20-17-14-11-8-5-2/h12,15,22,24,28-31,34,36,61H,4-11,13-14,16-21,23,25-27,32-33,35,37-60H2,1-3H3/b15-12-,24-22-,30-28-,31-29-,36-34-. The molecule has 0 radical (unpaired) electrons. The molecule has 0 aliphatic rings. The van der Waals surface area contributed by atoms with Crippen LogP contribution >= 0.6 is 0 Å². The monoisotopic (exact) mass is 979 g/mol. The van der Waals surface area contributed by atoms with Gasteiger partial charge in [0.05, 0.1) is 0 Å². The van der Waals surface area contributed by atoms with Crippen LogP contribution in [0.4, 0.5) is 0 Å². The van der Waals surface area contributed by atoms with E-state index < -0.39 is 6.10 Å². The fraction of sp³-hybridized carbons (Fsp3) is 0.797. The van der Waals surface area contributed by atoms with E-state index in [1.54, 1.807) is 0 Å². The molecule has 0 aliphatic heterocycles. The fourth-order valence-electron chi connectivity index (χ4n) is 8.62. The molecule has 1 unspecified atom stereocenters. The van der Waals surface area contributed by atoms with Gasteiger partial charge in [-0.15, -0.1) is 0 Å². The molecule has 406 valence electrons. The van der Waals surface area contributed by atoms with Crippen molar-refractivity contribution in [1.29, 1.82) is 0 Å². The summed E-state index contributed by atoms with van der Waals surface area (Å²) in [6.45, 7) is 6.58. The van der Waals surface area contributed by atoms with Crippen LogP contribution in [-0.2, 0) is 28.6 Å². The predicted octanol–water partition coefficient (Wildman–Crippen LogP) is 20.4. The van der Waals surface area contributed by atoms with Crippen molar-refractivity contribution in [3.63, 3.8) is 0 Å². The van der Waals surface area contributed by atoms with Crippen molar-refractivity contribution in [1.82, 2.24) is 0 Å². The van der Waals surface area contributed by atoms with Gasteiger partial charge in [0.2, 0.25) is 0 Å². The van der Waals surface area contributed by atoms with Gasteiger partial charge in [-0.1, -0.05) is 248 Å². The maximum atomic E-state index is 12.9. The second-order valence-corrected chi connectivity index (χ2v) is 20.2. The molecule has 0 aromatic rings. The van der Waals surface area contributed by atoms with E-state index >= 15 is 0 Å². The Balaban J connectivity index is 4.30. The highest BCUT2D eigenvalue weighted by Gasteiger charge is 2.19. The highest BCUT2D eigenvalue weighted by atomic mass is 16.6. The number of rotatable bonds is 55. The molecule has 0 spiro atoms. The van der Waals surface area contributed by atoms with Crippen molar-refractivity contribution in [3.05, 3.63) is 60.8 Å². The summed E-state index contributed by atoms with van der Waals surface area (Å²) >= 11 is 0. The van der Waals surface area contributed by atoms with Crippen LogP contribution in [-0.4, -0.2) is 37.2 Å². The Bertz CT molecular complexity index is 1260. The summed E-state index contributed by atoms with van der Waals surface area (Å²) in [6, 6.07) is 0. The average Bonchev–Trinajstić information content (AvgIpc) is 3.36. The molecule has 6 nitrogen and oxygen atoms in total. The van der Waals surface area contributed by atoms with Crippen molar-refractivity contribution in [3.8, 4) is 0 Å². The maximum absolute atomic E-state index is 12.9. The third kappa shape index (κ3) is 56.0. The number of hydrogen-bond acceptors (Lipinski definition) is 6. The van der Waals surface area contributed by atoms with Crippen LogP contribution in [0.3, 0.4) is 0 Å². The average molecular weight is 980 g/mol. The Morgan fingerprint density at radius 3 is 0.871 bits per heavy atom. The molecule has 0 N–H and O–H groups in total. The van der Waals surface area contributed by atoms with Gasteiger partial charge in [0.15, 0.2) is 6.10 Å². The molecule has 0 saturated heterocycles. The van der Waals surface area contributed by atoms with Gasteiger partial charge in [-0.2, -0.15) is 0 Å². The normalized spacial score (nSPS) is 12.4. The highest BCUT2D eigenvalue weighted by Crippen LogP contribution is 2.16. The van der Waals surface area contributed by atoms with Gasteiger partial charge in [0.25, 0.3) is 0 Å². The summed E-state index contributed by atoms with van der Waals surface area (Å²) in [7, 11) is 0. The minimum Gasteiger partial charge on any atom is -0.462 e. The molecule has 0 bridgehead atoms. The molecule has 1 atom stereocenters. The van der Waals surface area contributed by atoms with E-state index in [1.165, 1.54) is 180 Å². The number of esters is 3. The topological polar surface area (TPSA) is 78.9 Å². The van der Waals surface area contributed by atoms with Crippen LogP contribution in [0.5, 0.6) is 0 Å². The second kappa shape index (κ2) is 58.7. The first-order valence-corrected chi connectivity index (χ1v) is 30.3. The fourth-order valence-corrected chi connectivity index (χ4v) is 8.62. The number of allylic oxidation sites excluding steroid dienone is 10. The molecular weight excluding hydrogens is 865 g/mol. The Morgan fingerprint density at radius 1 is 0.286 bits per heavy atom. The lowest BCUT2D eigenvalue weighted by Crippen LogP contribution is -2.30. The number of ether oxygens (including phenoxy) is 3. The van der Waals surface area contributed by atoms with Gasteiger partial charge < -0.3 is 14.2 Å². The summed E-state index contributed by atoms with van der Waals surface area (Å²) < 4.78 is 16.9. The van der Waals surface area contributed by atoms with Gasteiger partial charge in [-0.3, -0.25) is 14.4 Å². The van der Waals surface area contributed by atoms with Gasteiger partial charge >= 0.3 is 17.9 Å².